The maximum absolute atomic E-state index is 12.9. The van der Waals surface area contributed by atoms with Gasteiger partial charge in [0.05, 0.1) is 37.6 Å². The molecule has 1 amide bonds. The fourth-order valence-electron chi connectivity index (χ4n) is 9.09. The van der Waals surface area contributed by atoms with Crippen LogP contribution in [0, 0.1) is 0 Å². The van der Waals surface area contributed by atoms with Gasteiger partial charge in [0.2, 0.25) is 24.5 Å². The predicted molar refractivity (Wildman–Crippen MR) is 327 cm³/mol. The Morgan fingerprint density at radius 1 is 0.575 bits per heavy atom. The first-order valence-corrected chi connectivity index (χ1v) is 30.2. The average Bonchev–Trinajstić information content (AvgIpc) is 4.01. The fraction of sp³-hybridized carbons (Fsp3) is 0.339. The monoisotopic (exact) mass is 1140 g/mol. The van der Waals surface area contributed by atoms with E-state index >= 15 is 0 Å². The Morgan fingerprint density at radius 3 is 1.51 bits per heavy atom. The standard InChI is InChI=1S/C43H50N5O6S2.C19H24N2O2S/c49-38(26-45-22-3-1-6-34(45)15-9-32-11-17-36(18-12-32)47-27-39(50)40(51)28-47)8-5-24-55-56-25-21-44-43(54)31-46-23-4-2-7-35(46)16-10-33-13-19-37(20-14-33)48-29-41(52)42(53)30-48;22-14-11-21(12-15-23)19-5-3-17(4-6-19)1-2-18-7-9-20(10-8-18)13-16-24/h1-4,6-7,9-20,22-23,39-42,50-53H,5,8,21,24-31H2;1-10,22-23H,11-16H2/q+1;/p+2. The van der Waals surface area contributed by atoms with Crippen LogP contribution in [0.15, 0.2) is 146 Å². The number of nitrogens with one attached hydrogen (secondary N) is 1. The molecule has 7 N–H and O–H groups in total. The number of aryl methyl sites for hydroxylation is 1. The number of aliphatic hydroxyl groups excluding tert-OH is 6. The minimum Gasteiger partial charge on any atom is -0.395 e. The van der Waals surface area contributed by atoms with Gasteiger partial charge in [0.1, 0.15) is 0 Å². The van der Waals surface area contributed by atoms with Crippen LogP contribution in [-0.4, -0.2) is 143 Å². The van der Waals surface area contributed by atoms with Crippen molar-refractivity contribution in [1.29, 1.82) is 0 Å². The lowest BCUT2D eigenvalue weighted by Crippen LogP contribution is -2.45. The maximum Gasteiger partial charge on any atom is 0.286 e. The summed E-state index contributed by atoms with van der Waals surface area (Å²) in [6.07, 6.45) is 18.5. The van der Waals surface area contributed by atoms with Crippen LogP contribution in [0.1, 0.15) is 46.5 Å². The lowest BCUT2D eigenvalue weighted by atomic mass is 10.1. The highest BCUT2D eigenvalue weighted by molar-refractivity contribution is 8.76. The van der Waals surface area contributed by atoms with Gasteiger partial charge in [-0.05, 0) is 89.4 Å². The molecule has 0 radical (unpaired) electrons. The van der Waals surface area contributed by atoms with E-state index in [0.717, 1.165) is 80.9 Å². The summed E-state index contributed by atoms with van der Waals surface area (Å²) in [5.74, 6) is 2.57. The van der Waals surface area contributed by atoms with Crippen molar-refractivity contribution in [2.24, 2.45) is 0 Å². The summed E-state index contributed by atoms with van der Waals surface area (Å²) in [6.45, 7) is 4.84. The van der Waals surface area contributed by atoms with Crippen LogP contribution in [-0.2, 0) is 29.2 Å². The summed E-state index contributed by atoms with van der Waals surface area (Å²) < 4.78 is 5.98. The molecule has 80 heavy (non-hydrogen) atoms. The Morgan fingerprint density at radius 2 is 1.02 bits per heavy atom. The minimum atomic E-state index is -0.726. The molecular formula is C62H76N7O8S3+3. The van der Waals surface area contributed by atoms with E-state index in [1.807, 2.05) is 170 Å². The average molecular weight is 1140 g/mol. The normalized spacial score (nSPS) is 17.1. The highest BCUT2D eigenvalue weighted by atomic mass is 33.1. The SMILES string of the molecule is O=C(CCCSSCCNC(=O)C[n+]1ccccc1/C=C/c1ccc(N2CC(O)C(O)C2)cc1)C[n+]1ccccc1/C=C/c1ccc(N2CC(O)C(O)C2)cc1.OCCN(CCO)c1ccc(/C=C/c2cc[n+](CCS)cc2)cc1. The van der Waals surface area contributed by atoms with Crippen molar-refractivity contribution >= 4 is 99.4 Å². The number of rotatable bonds is 27. The lowest BCUT2D eigenvalue weighted by Gasteiger charge is -2.22. The van der Waals surface area contributed by atoms with Gasteiger partial charge in [-0.15, -0.1) is 0 Å². The number of benzene rings is 3. The lowest BCUT2D eigenvalue weighted by molar-refractivity contribution is -0.692. The smallest absolute Gasteiger partial charge is 0.286 e. The largest absolute Gasteiger partial charge is 0.395 e. The molecule has 15 nitrogen and oxygen atoms in total. The molecule has 18 heteroatoms. The van der Waals surface area contributed by atoms with Crippen molar-refractivity contribution < 1.29 is 53.9 Å². The number of hydrogen-bond acceptors (Lipinski definition) is 14. The number of anilines is 3. The molecule has 6 aromatic rings. The van der Waals surface area contributed by atoms with Crippen LogP contribution in [0.3, 0.4) is 0 Å². The molecule has 8 rings (SSSR count). The van der Waals surface area contributed by atoms with Gasteiger partial charge in [-0.3, -0.25) is 9.59 Å². The summed E-state index contributed by atoms with van der Waals surface area (Å²) in [5, 5.41) is 60.6. The molecule has 0 saturated carbocycles. The summed E-state index contributed by atoms with van der Waals surface area (Å²) in [4.78, 5) is 31.5. The number of carbonyl (C=O) groups excluding carboxylic acids is 2. The van der Waals surface area contributed by atoms with E-state index in [-0.39, 0.29) is 31.4 Å². The number of aliphatic hydroxyl groups is 6. The zero-order chi connectivity index (χ0) is 56.5. The second-order valence-corrected chi connectivity index (χ2v) is 22.7. The Labute approximate surface area is 483 Å². The molecule has 0 spiro atoms. The molecule has 5 heterocycles. The van der Waals surface area contributed by atoms with Crippen LogP contribution in [0.4, 0.5) is 17.1 Å². The highest BCUT2D eigenvalue weighted by Gasteiger charge is 2.30. The third-order valence-corrected chi connectivity index (χ3v) is 16.2. The molecule has 2 aliphatic rings. The summed E-state index contributed by atoms with van der Waals surface area (Å²) in [7, 11) is 3.41. The van der Waals surface area contributed by atoms with Crippen molar-refractivity contribution in [3.63, 3.8) is 0 Å². The highest BCUT2D eigenvalue weighted by Crippen LogP contribution is 2.25. The van der Waals surface area contributed by atoms with E-state index in [9.17, 15) is 30.0 Å². The van der Waals surface area contributed by atoms with Crippen LogP contribution >= 0.6 is 34.2 Å². The number of hydrogen-bond donors (Lipinski definition) is 8. The number of β-amino-alcohol motifs (C(OH)–C–C–N with tert-alkyl or cyclic N) is 4. The molecule has 0 aliphatic carbocycles. The van der Waals surface area contributed by atoms with E-state index in [1.54, 1.807) is 21.6 Å². The van der Waals surface area contributed by atoms with E-state index < -0.39 is 24.4 Å². The molecule has 422 valence electrons. The first-order valence-electron chi connectivity index (χ1n) is 27.1. The first kappa shape index (κ1) is 61.3. The Kier molecular flexibility index (Phi) is 25.1. The fourth-order valence-corrected chi connectivity index (χ4v) is 11.3. The summed E-state index contributed by atoms with van der Waals surface area (Å²) >= 11 is 4.23. The Bertz CT molecular complexity index is 2770. The van der Waals surface area contributed by atoms with Gasteiger partial charge in [-0.25, -0.2) is 4.57 Å². The van der Waals surface area contributed by atoms with Crippen molar-refractivity contribution in [1.82, 2.24) is 5.32 Å². The third-order valence-electron chi connectivity index (χ3n) is 13.6. The molecule has 2 fully saturated rings. The summed E-state index contributed by atoms with van der Waals surface area (Å²) in [6, 6.07) is 39.9. The molecule has 4 atom stereocenters. The van der Waals surface area contributed by atoms with Gasteiger partial charge in [0.15, 0.2) is 37.1 Å². The molecule has 0 bridgehead atoms. The predicted octanol–water partition coefficient (Wildman–Crippen LogP) is 5.10. The third kappa shape index (κ3) is 19.7. The van der Waals surface area contributed by atoms with Gasteiger partial charge < -0.3 is 50.7 Å². The first-order chi connectivity index (χ1) is 39.0. The van der Waals surface area contributed by atoms with Crippen molar-refractivity contribution in [2.75, 3.05) is 91.0 Å². The van der Waals surface area contributed by atoms with E-state index in [2.05, 4.69) is 59.2 Å². The number of nitrogens with zero attached hydrogens (tertiary/aromatic N) is 6. The molecule has 3 aromatic heterocycles. The number of pyridine rings is 3. The number of carbonyl (C=O) groups is 2. The quantitative estimate of drug-likeness (QED) is 0.0148. The van der Waals surface area contributed by atoms with E-state index in [0.29, 0.717) is 58.8 Å². The van der Waals surface area contributed by atoms with E-state index in [4.69, 9.17) is 10.2 Å². The van der Waals surface area contributed by atoms with E-state index in [1.165, 1.54) is 0 Å². The molecule has 3 aromatic carbocycles. The van der Waals surface area contributed by atoms with Gasteiger partial charge in [-0.1, -0.05) is 70.1 Å². The van der Waals surface area contributed by atoms with Gasteiger partial charge in [0.25, 0.3) is 5.91 Å². The van der Waals surface area contributed by atoms with Gasteiger partial charge in [-0.2, -0.15) is 21.8 Å². The maximum atomic E-state index is 12.9. The number of Topliss-reactive ketones (excluding diaryl/α,β-unsaturated/α-hetero) is 1. The zero-order valence-electron chi connectivity index (χ0n) is 45.1. The number of aromatic nitrogens is 3. The zero-order valence-corrected chi connectivity index (χ0v) is 47.6. The van der Waals surface area contributed by atoms with Crippen LogP contribution in [0.2, 0.25) is 0 Å². The van der Waals surface area contributed by atoms with Gasteiger partial charge >= 0.3 is 0 Å². The van der Waals surface area contributed by atoms with Crippen molar-refractivity contribution in [3.8, 4) is 0 Å². The number of ketones is 1. The molecular weight excluding hydrogens is 1070 g/mol. The van der Waals surface area contributed by atoms with Crippen LogP contribution in [0.5, 0.6) is 0 Å². The topological polar surface area (TPSA) is 189 Å². The van der Waals surface area contributed by atoms with Crippen molar-refractivity contribution in [3.05, 3.63) is 180 Å². The minimum absolute atomic E-state index is 0.0579. The van der Waals surface area contributed by atoms with Gasteiger partial charge in [0, 0.05) is 135 Å². The molecule has 2 saturated heterocycles. The molecule has 4 unspecified atom stereocenters. The number of amides is 1. The Hall–Kier alpha value is -6.32. The van der Waals surface area contributed by atoms with Crippen LogP contribution in [0.25, 0.3) is 36.5 Å². The van der Waals surface area contributed by atoms with Crippen molar-refractivity contribution in [2.45, 2.75) is 56.9 Å². The Balaban J connectivity index is 0.000000321. The molecule has 2 aliphatic heterocycles. The second kappa shape index (κ2) is 32.8. The second-order valence-electron chi connectivity index (χ2n) is 19.5. The summed E-state index contributed by atoms with van der Waals surface area (Å²) in [5.41, 5.74) is 9.04. The van der Waals surface area contributed by atoms with Crippen LogP contribution < -0.4 is 33.7 Å². The number of thiol groups is 1.